The van der Waals surface area contributed by atoms with Crippen LogP contribution in [0.4, 0.5) is 10.3 Å². The minimum atomic E-state index is -0.444. The number of hydrazone groups is 1. The maximum absolute atomic E-state index is 13.9. The molecule has 0 fully saturated rings. The first-order valence-corrected chi connectivity index (χ1v) is 7.85. The molecule has 130 valence electrons. The van der Waals surface area contributed by atoms with Crippen LogP contribution in [0.2, 0.25) is 0 Å². The van der Waals surface area contributed by atoms with Crippen molar-refractivity contribution in [1.29, 1.82) is 0 Å². The topological polar surface area (TPSA) is 85.8 Å². The van der Waals surface area contributed by atoms with Gasteiger partial charge >= 0.3 is 0 Å². The second-order valence-electron chi connectivity index (χ2n) is 5.53. The summed E-state index contributed by atoms with van der Waals surface area (Å²) < 4.78 is 16.9. The summed E-state index contributed by atoms with van der Waals surface area (Å²) in [5.74, 6) is -0.125. The number of halogens is 1. The van der Waals surface area contributed by atoms with Crippen LogP contribution >= 0.6 is 0 Å². The molecule has 0 radical (unpaired) electrons. The van der Waals surface area contributed by atoms with Gasteiger partial charge in [0, 0.05) is 31.5 Å². The fourth-order valence-electron chi connectivity index (χ4n) is 2.44. The van der Waals surface area contributed by atoms with E-state index in [9.17, 15) is 4.39 Å². The van der Waals surface area contributed by atoms with Crippen molar-refractivity contribution >= 4 is 12.2 Å². The number of hydrogen-bond acceptors (Lipinski definition) is 6. The predicted molar refractivity (Wildman–Crippen MR) is 92.8 cm³/mol. The highest BCUT2D eigenvalue weighted by Gasteiger charge is 2.11. The van der Waals surface area contributed by atoms with E-state index in [0.29, 0.717) is 17.2 Å². The van der Waals surface area contributed by atoms with Gasteiger partial charge < -0.3 is 0 Å². The summed E-state index contributed by atoms with van der Waals surface area (Å²) in [5.41, 5.74) is 6.18. The second kappa shape index (κ2) is 6.80. The summed E-state index contributed by atoms with van der Waals surface area (Å²) in [6, 6.07) is 1.81. The Labute approximate surface area is 144 Å². The van der Waals surface area contributed by atoms with Crippen molar-refractivity contribution in [1.82, 2.24) is 29.5 Å². The number of anilines is 1. The molecule has 0 aliphatic rings. The number of aryl methyl sites for hydroxylation is 4. The lowest BCUT2D eigenvalue weighted by molar-refractivity contribution is 0.502. The molecule has 0 spiro atoms. The molecule has 0 aliphatic carbocycles. The van der Waals surface area contributed by atoms with Crippen LogP contribution in [0.3, 0.4) is 0 Å². The molecule has 0 aromatic carbocycles. The lowest BCUT2D eigenvalue weighted by atomic mass is 10.2. The average molecular weight is 342 g/mol. The summed E-state index contributed by atoms with van der Waals surface area (Å²) in [7, 11) is 1.54. The minimum Gasteiger partial charge on any atom is -0.272 e. The molecule has 8 nitrogen and oxygen atoms in total. The molecule has 3 aromatic rings. The quantitative estimate of drug-likeness (QED) is 0.568. The fraction of sp³-hybridized carbons (Fsp3) is 0.312. The smallest absolute Gasteiger partial charge is 0.244 e. The van der Waals surface area contributed by atoms with Gasteiger partial charge in [-0.3, -0.25) is 4.68 Å². The zero-order chi connectivity index (χ0) is 18.0. The minimum absolute atomic E-state index is 0.319. The lowest BCUT2D eigenvalue weighted by Crippen LogP contribution is -1.99. The van der Waals surface area contributed by atoms with Gasteiger partial charge in [-0.15, -0.1) is 0 Å². The highest BCUT2D eigenvalue weighted by atomic mass is 19.1. The molecule has 9 heteroatoms. The van der Waals surface area contributed by atoms with Crippen molar-refractivity contribution in [2.75, 3.05) is 5.43 Å². The van der Waals surface area contributed by atoms with Crippen LogP contribution in [0.5, 0.6) is 0 Å². The van der Waals surface area contributed by atoms with E-state index in [0.717, 1.165) is 23.5 Å². The Kier molecular flexibility index (Phi) is 4.55. The normalized spacial score (nSPS) is 11.4. The van der Waals surface area contributed by atoms with E-state index in [2.05, 4.69) is 30.7 Å². The first-order chi connectivity index (χ1) is 12.0. The molecular formula is C16H19FN8. The van der Waals surface area contributed by atoms with Crippen LogP contribution in [0.15, 0.2) is 23.6 Å². The van der Waals surface area contributed by atoms with Crippen molar-refractivity contribution in [2.24, 2.45) is 12.1 Å². The van der Waals surface area contributed by atoms with E-state index in [4.69, 9.17) is 0 Å². The lowest BCUT2D eigenvalue weighted by Gasteiger charge is -2.01. The van der Waals surface area contributed by atoms with Crippen molar-refractivity contribution in [2.45, 2.75) is 27.3 Å². The molecule has 1 N–H and O–H groups in total. The first kappa shape index (κ1) is 16.7. The summed E-state index contributed by atoms with van der Waals surface area (Å²) in [6.07, 6.45) is 4.95. The average Bonchev–Trinajstić information content (AvgIpc) is 3.09. The van der Waals surface area contributed by atoms with Gasteiger partial charge in [0.1, 0.15) is 0 Å². The van der Waals surface area contributed by atoms with Gasteiger partial charge in [-0.25, -0.2) is 20.1 Å². The van der Waals surface area contributed by atoms with E-state index < -0.39 is 5.95 Å². The third-order valence-electron chi connectivity index (χ3n) is 3.76. The molecule has 0 saturated heterocycles. The zero-order valence-electron chi connectivity index (χ0n) is 14.5. The Balaban J connectivity index is 1.80. The number of hydrogen-bond donors (Lipinski definition) is 1. The standard InChI is InChI=1S/C16H19FN8/c1-5-25-9-13(11(3)23-25)14-6-7-18-16(20-14)21-19-8-12-10(2)22-24(4)15(12)17/h6-9H,5H2,1-4H3,(H,18,20,21). The van der Waals surface area contributed by atoms with Crippen molar-refractivity contribution < 1.29 is 4.39 Å². The maximum atomic E-state index is 13.9. The number of nitrogens with one attached hydrogen (secondary N) is 1. The summed E-state index contributed by atoms with van der Waals surface area (Å²) in [5, 5.41) is 12.4. The van der Waals surface area contributed by atoms with Crippen LogP contribution < -0.4 is 5.43 Å². The highest BCUT2D eigenvalue weighted by Crippen LogP contribution is 2.21. The summed E-state index contributed by atoms with van der Waals surface area (Å²) in [6.45, 7) is 6.47. The van der Waals surface area contributed by atoms with E-state index in [1.807, 2.05) is 30.8 Å². The van der Waals surface area contributed by atoms with Crippen LogP contribution in [0, 0.1) is 19.8 Å². The Morgan fingerprint density at radius 1 is 1.28 bits per heavy atom. The Hall–Kier alpha value is -3.10. The van der Waals surface area contributed by atoms with E-state index in [1.165, 1.54) is 10.9 Å². The molecule has 0 saturated carbocycles. The van der Waals surface area contributed by atoms with Crippen LogP contribution in [0.1, 0.15) is 23.9 Å². The SMILES string of the molecule is CCn1cc(-c2ccnc(NN=Cc3c(C)nn(C)c3F)n2)c(C)n1. The molecule has 3 rings (SSSR count). The van der Waals surface area contributed by atoms with Crippen LogP contribution in [-0.2, 0) is 13.6 Å². The second-order valence-corrected chi connectivity index (χ2v) is 5.53. The maximum Gasteiger partial charge on any atom is 0.244 e. The van der Waals surface area contributed by atoms with Gasteiger partial charge in [-0.1, -0.05) is 0 Å². The molecule has 3 heterocycles. The van der Waals surface area contributed by atoms with E-state index in [1.54, 1.807) is 20.2 Å². The van der Waals surface area contributed by atoms with E-state index >= 15 is 0 Å². The zero-order valence-corrected chi connectivity index (χ0v) is 14.5. The van der Waals surface area contributed by atoms with Gasteiger partial charge in [0.15, 0.2) is 0 Å². The predicted octanol–water partition coefficient (Wildman–Crippen LogP) is 2.30. The number of nitrogens with zero attached hydrogens (tertiary/aromatic N) is 7. The molecule has 0 atom stereocenters. The van der Waals surface area contributed by atoms with Crippen molar-refractivity contribution in [3.8, 4) is 11.3 Å². The number of rotatable bonds is 5. The molecule has 0 aliphatic heterocycles. The Morgan fingerprint density at radius 2 is 2.08 bits per heavy atom. The van der Waals surface area contributed by atoms with Gasteiger partial charge in [0.2, 0.25) is 11.9 Å². The fourth-order valence-corrected chi connectivity index (χ4v) is 2.44. The molecule has 0 amide bonds. The first-order valence-electron chi connectivity index (χ1n) is 7.85. The van der Waals surface area contributed by atoms with Gasteiger partial charge in [-0.2, -0.15) is 19.7 Å². The third kappa shape index (κ3) is 3.39. The van der Waals surface area contributed by atoms with Crippen molar-refractivity contribution in [3.05, 3.63) is 41.4 Å². The third-order valence-corrected chi connectivity index (χ3v) is 3.76. The summed E-state index contributed by atoms with van der Waals surface area (Å²) >= 11 is 0. The van der Waals surface area contributed by atoms with Crippen LogP contribution in [0.25, 0.3) is 11.3 Å². The van der Waals surface area contributed by atoms with Gasteiger partial charge in [0.05, 0.1) is 28.9 Å². The molecule has 0 unspecified atom stereocenters. The van der Waals surface area contributed by atoms with Gasteiger partial charge in [-0.05, 0) is 26.8 Å². The summed E-state index contributed by atoms with van der Waals surface area (Å²) in [4.78, 5) is 8.55. The molecule has 0 bridgehead atoms. The monoisotopic (exact) mass is 342 g/mol. The highest BCUT2D eigenvalue weighted by molar-refractivity contribution is 5.81. The van der Waals surface area contributed by atoms with Crippen LogP contribution in [-0.4, -0.2) is 35.7 Å². The number of aromatic nitrogens is 6. The largest absolute Gasteiger partial charge is 0.272 e. The Morgan fingerprint density at radius 3 is 2.72 bits per heavy atom. The van der Waals surface area contributed by atoms with Crippen molar-refractivity contribution in [3.63, 3.8) is 0 Å². The van der Waals surface area contributed by atoms with E-state index in [-0.39, 0.29) is 0 Å². The molecule has 3 aromatic heterocycles. The van der Waals surface area contributed by atoms with Gasteiger partial charge in [0.25, 0.3) is 0 Å². The molecule has 25 heavy (non-hydrogen) atoms. The Bertz CT molecular complexity index is 924. The molecular weight excluding hydrogens is 323 g/mol.